The Hall–Kier alpha value is -0.730. The van der Waals surface area contributed by atoms with Crippen LogP contribution in [0.5, 0.6) is 5.75 Å². The maximum absolute atomic E-state index is 9.97. The van der Waals surface area contributed by atoms with E-state index >= 15 is 0 Å². The van der Waals surface area contributed by atoms with Crippen molar-refractivity contribution in [3.63, 3.8) is 0 Å². The first-order chi connectivity index (χ1) is 7.68. The van der Waals surface area contributed by atoms with Crippen LogP contribution >= 0.6 is 11.6 Å². The number of aromatic hydroxyl groups is 1. The van der Waals surface area contributed by atoms with E-state index in [-0.39, 0.29) is 5.41 Å². The van der Waals surface area contributed by atoms with Crippen molar-refractivity contribution in [2.75, 3.05) is 6.54 Å². The molecule has 0 aromatic heterocycles. The molecule has 16 heavy (non-hydrogen) atoms. The molecule has 2 nitrogen and oxygen atoms in total. The number of rotatable bonds is 2. The Kier molecular flexibility index (Phi) is 3.41. The zero-order valence-corrected chi connectivity index (χ0v) is 10.1. The number of benzene rings is 1. The van der Waals surface area contributed by atoms with Crippen LogP contribution in [-0.2, 0) is 5.41 Å². The fourth-order valence-electron chi connectivity index (χ4n) is 2.75. The number of nitrogens with two attached hydrogens (primary N) is 1. The summed E-state index contributed by atoms with van der Waals surface area (Å²) in [7, 11) is 0. The topological polar surface area (TPSA) is 46.2 Å². The molecule has 1 aliphatic carbocycles. The second-order valence-electron chi connectivity index (χ2n) is 4.71. The van der Waals surface area contributed by atoms with Crippen LogP contribution < -0.4 is 5.73 Å². The summed E-state index contributed by atoms with van der Waals surface area (Å²) < 4.78 is 0. The molecule has 1 fully saturated rings. The molecule has 1 saturated carbocycles. The molecule has 0 atom stereocenters. The second-order valence-corrected chi connectivity index (χ2v) is 5.14. The van der Waals surface area contributed by atoms with Crippen LogP contribution in [0.15, 0.2) is 18.2 Å². The highest BCUT2D eigenvalue weighted by atomic mass is 35.5. The number of hydrogen-bond donors (Lipinski definition) is 2. The number of phenolic OH excluding ortho intramolecular Hbond substituents is 1. The van der Waals surface area contributed by atoms with Crippen LogP contribution in [0.25, 0.3) is 0 Å². The summed E-state index contributed by atoms with van der Waals surface area (Å²) in [5.74, 6) is 0.330. The summed E-state index contributed by atoms with van der Waals surface area (Å²) >= 11 is 6.00. The number of hydrogen-bond acceptors (Lipinski definition) is 2. The molecule has 1 aromatic carbocycles. The molecule has 0 unspecified atom stereocenters. The van der Waals surface area contributed by atoms with Crippen molar-refractivity contribution in [2.45, 2.75) is 37.5 Å². The minimum atomic E-state index is -0.0623. The van der Waals surface area contributed by atoms with Crippen molar-refractivity contribution >= 4 is 11.6 Å². The first-order valence-electron chi connectivity index (χ1n) is 5.87. The largest absolute Gasteiger partial charge is 0.508 e. The summed E-state index contributed by atoms with van der Waals surface area (Å²) in [4.78, 5) is 0. The Morgan fingerprint density at radius 2 is 1.94 bits per heavy atom. The lowest BCUT2D eigenvalue weighted by molar-refractivity contribution is 0.291. The van der Waals surface area contributed by atoms with Gasteiger partial charge < -0.3 is 10.8 Å². The summed E-state index contributed by atoms with van der Waals surface area (Å²) in [6, 6.07) is 5.26. The zero-order valence-electron chi connectivity index (χ0n) is 9.38. The van der Waals surface area contributed by atoms with Gasteiger partial charge >= 0.3 is 0 Å². The van der Waals surface area contributed by atoms with Crippen molar-refractivity contribution in [1.29, 1.82) is 0 Å². The van der Waals surface area contributed by atoms with E-state index in [1.54, 1.807) is 12.1 Å². The smallest absolute Gasteiger partial charge is 0.119 e. The fourth-order valence-corrected chi connectivity index (χ4v) is 2.92. The third-order valence-corrected chi connectivity index (χ3v) is 3.97. The standard InChI is InChI=1S/C13H18ClNO/c14-10-4-5-12(16)11(8-10)13(9-15)6-2-1-3-7-13/h4-5,8,16H,1-3,6-7,9,15H2. The zero-order chi connectivity index (χ0) is 11.6. The van der Waals surface area contributed by atoms with E-state index in [2.05, 4.69) is 0 Å². The van der Waals surface area contributed by atoms with Gasteiger partial charge in [0.1, 0.15) is 5.75 Å². The highest BCUT2D eigenvalue weighted by Crippen LogP contribution is 2.43. The van der Waals surface area contributed by atoms with Crippen LogP contribution in [0, 0.1) is 0 Å². The van der Waals surface area contributed by atoms with Crippen molar-refractivity contribution < 1.29 is 5.11 Å². The lowest BCUT2D eigenvalue weighted by atomic mass is 9.69. The lowest BCUT2D eigenvalue weighted by Crippen LogP contribution is -2.37. The van der Waals surface area contributed by atoms with Crippen LogP contribution in [-0.4, -0.2) is 11.7 Å². The predicted octanol–water partition coefficient (Wildman–Crippen LogP) is 3.21. The van der Waals surface area contributed by atoms with Crippen LogP contribution in [0.3, 0.4) is 0 Å². The van der Waals surface area contributed by atoms with Gasteiger partial charge in [-0.15, -0.1) is 0 Å². The molecule has 0 radical (unpaired) electrons. The average molecular weight is 240 g/mol. The molecule has 0 bridgehead atoms. The van der Waals surface area contributed by atoms with Crippen molar-refractivity contribution in [3.8, 4) is 5.75 Å². The lowest BCUT2D eigenvalue weighted by Gasteiger charge is -2.37. The minimum Gasteiger partial charge on any atom is -0.508 e. The maximum Gasteiger partial charge on any atom is 0.119 e. The van der Waals surface area contributed by atoms with Gasteiger partial charge in [-0.05, 0) is 31.0 Å². The molecular formula is C13H18ClNO. The summed E-state index contributed by atoms with van der Waals surface area (Å²) in [6.07, 6.45) is 5.74. The Labute approximate surface area is 101 Å². The molecule has 0 saturated heterocycles. The molecule has 0 aliphatic heterocycles. The van der Waals surface area contributed by atoms with Gasteiger partial charge in [0, 0.05) is 22.5 Å². The van der Waals surface area contributed by atoms with E-state index < -0.39 is 0 Å². The van der Waals surface area contributed by atoms with Gasteiger partial charge in [0.05, 0.1) is 0 Å². The molecule has 3 N–H and O–H groups in total. The van der Waals surface area contributed by atoms with E-state index in [0.29, 0.717) is 17.3 Å². The molecule has 88 valence electrons. The van der Waals surface area contributed by atoms with E-state index in [0.717, 1.165) is 18.4 Å². The highest BCUT2D eigenvalue weighted by molar-refractivity contribution is 6.30. The minimum absolute atomic E-state index is 0.0623. The fraction of sp³-hybridized carbons (Fsp3) is 0.538. The summed E-state index contributed by atoms with van der Waals surface area (Å²) in [6.45, 7) is 0.584. The molecule has 0 heterocycles. The molecule has 0 spiro atoms. The first kappa shape index (κ1) is 11.7. The Balaban J connectivity index is 2.42. The van der Waals surface area contributed by atoms with Crippen LogP contribution in [0.4, 0.5) is 0 Å². The van der Waals surface area contributed by atoms with Gasteiger partial charge in [0.25, 0.3) is 0 Å². The van der Waals surface area contributed by atoms with Crippen molar-refractivity contribution in [1.82, 2.24) is 0 Å². The number of phenols is 1. The van der Waals surface area contributed by atoms with Gasteiger partial charge in [-0.25, -0.2) is 0 Å². The van der Waals surface area contributed by atoms with Gasteiger partial charge in [-0.1, -0.05) is 30.9 Å². The Morgan fingerprint density at radius 3 is 2.56 bits per heavy atom. The molecule has 1 aliphatic rings. The van der Waals surface area contributed by atoms with Gasteiger partial charge in [-0.2, -0.15) is 0 Å². The van der Waals surface area contributed by atoms with E-state index in [1.807, 2.05) is 6.07 Å². The third kappa shape index (κ3) is 2.04. The molecular weight excluding hydrogens is 222 g/mol. The monoisotopic (exact) mass is 239 g/mol. The summed E-state index contributed by atoms with van der Waals surface area (Å²) in [5.41, 5.74) is 6.81. The first-order valence-corrected chi connectivity index (χ1v) is 6.25. The van der Waals surface area contributed by atoms with Crippen molar-refractivity contribution in [2.24, 2.45) is 5.73 Å². The van der Waals surface area contributed by atoms with E-state index in [9.17, 15) is 5.11 Å². The van der Waals surface area contributed by atoms with Crippen molar-refractivity contribution in [3.05, 3.63) is 28.8 Å². The van der Waals surface area contributed by atoms with Gasteiger partial charge in [0.15, 0.2) is 0 Å². The highest BCUT2D eigenvalue weighted by Gasteiger charge is 2.34. The van der Waals surface area contributed by atoms with Gasteiger partial charge in [0.2, 0.25) is 0 Å². The molecule has 3 heteroatoms. The maximum atomic E-state index is 9.97. The average Bonchev–Trinajstić information content (AvgIpc) is 2.33. The molecule has 1 aromatic rings. The second kappa shape index (κ2) is 4.64. The van der Waals surface area contributed by atoms with E-state index in [4.69, 9.17) is 17.3 Å². The SMILES string of the molecule is NCC1(c2cc(Cl)ccc2O)CCCCC1. The summed E-state index contributed by atoms with van der Waals surface area (Å²) in [5, 5.41) is 10.6. The molecule has 2 rings (SSSR count). The third-order valence-electron chi connectivity index (χ3n) is 3.73. The molecule has 0 amide bonds. The Morgan fingerprint density at radius 1 is 1.25 bits per heavy atom. The van der Waals surface area contributed by atoms with Gasteiger partial charge in [-0.3, -0.25) is 0 Å². The van der Waals surface area contributed by atoms with Crippen LogP contribution in [0.1, 0.15) is 37.7 Å². The normalized spacial score (nSPS) is 19.6. The number of halogens is 1. The Bertz CT molecular complexity index is 372. The predicted molar refractivity (Wildman–Crippen MR) is 66.9 cm³/mol. The van der Waals surface area contributed by atoms with Crippen LogP contribution in [0.2, 0.25) is 5.02 Å². The quantitative estimate of drug-likeness (QED) is 0.833. The van der Waals surface area contributed by atoms with E-state index in [1.165, 1.54) is 19.3 Å².